The highest BCUT2D eigenvalue weighted by molar-refractivity contribution is 5.91. The molecule has 0 unspecified atom stereocenters. The van der Waals surface area contributed by atoms with Gasteiger partial charge in [0.25, 0.3) is 5.56 Å². The second kappa shape index (κ2) is 6.66. The van der Waals surface area contributed by atoms with Gasteiger partial charge in [0.15, 0.2) is 0 Å². The van der Waals surface area contributed by atoms with Crippen LogP contribution in [0.15, 0.2) is 53.6 Å². The first-order valence-electron chi connectivity index (χ1n) is 7.86. The molecule has 0 saturated heterocycles. The number of hydrogen-bond acceptors (Lipinski definition) is 3. The van der Waals surface area contributed by atoms with Crippen LogP contribution in [-0.2, 0) is 11.3 Å². The standard InChI is InChI=1S/C19H19N3O2/c1-13-6-5-9-16(14(13)2)21-18(23)10-11-22-12-20-17-8-4-3-7-15(17)19(22)24/h3-9,12H,10-11H2,1-2H3,(H,21,23). The molecule has 122 valence electrons. The molecule has 0 atom stereocenters. The minimum absolute atomic E-state index is 0.122. The van der Waals surface area contributed by atoms with Crippen LogP contribution in [0.5, 0.6) is 0 Å². The van der Waals surface area contributed by atoms with Crippen molar-refractivity contribution in [1.29, 1.82) is 0 Å². The number of para-hydroxylation sites is 1. The third-order valence-electron chi connectivity index (χ3n) is 4.19. The fourth-order valence-corrected chi connectivity index (χ4v) is 2.59. The zero-order valence-corrected chi connectivity index (χ0v) is 13.7. The number of carbonyl (C=O) groups excluding carboxylic acids is 1. The van der Waals surface area contributed by atoms with E-state index in [-0.39, 0.29) is 17.9 Å². The molecular weight excluding hydrogens is 302 g/mol. The maximum atomic E-state index is 12.4. The van der Waals surface area contributed by atoms with Crippen molar-refractivity contribution in [2.24, 2.45) is 0 Å². The molecule has 0 radical (unpaired) electrons. The summed E-state index contributed by atoms with van der Waals surface area (Å²) in [6.07, 6.45) is 1.71. The van der Waals surface area contributed by atoms with E-state index in [4.69, 9.17) is 0 Å². The molecule has 3 rings (SSSR count). The molecule has 1 aromatic heterocycles. The van der Waals surface area contributed by atoms with Gasteiger partial charge in [-0.15, -0.1) is 0 Å². The van der Waals surface area contributed by atoms with Crippen LogP contribution in [0.2, 0.25) is 0 Å². The molecule has 0 bridgehead atoms. The Morgan fingerprint density at radius 1 is 1.12 bits per heavy atom. The van der Waals surface area contributed by atoms with Gasteiger partial charge in [-0.05, 0) is 43.2 Å². The number of fused-ring (bicyclic) bond motifs is 1. The lowest BCUT2D eigenvalue weighted by Crippen LogP contribution is -2.23. The van der Waals surface area contributed by atoms with Crippen molar-refractivity contribution in [2.45, 2.75) is 26.8 Å². The lowest BCUT2D eigenvalue weighted by molar-refractivity contribution is -0.116. The fourth-order valence-electron chi connectivity index (χ4n) is 2.59. The first-order valence-corrected chi connectivity index (χ1v) is 7.86. The predicted octanol–water partition coefficient (Wildman–Crippen LogP) is 3.04. The van der Waals surface area contributed by atoms with Crippen LogP contribution in [0.3, 0.4) is 0 Å². The molecule has 0 fully saturated rings. The van der Waals surface area contributed by atoms with E-state index in [9.17, 15) is 9.59 Å². The van der Waals surface area contributed by atoms with Crippen molar-refractivity contribution >= 4 is 22.5 Å². The zero-order valence-electron chi connectivity index (χ0n) is 13.7. The maximum Gasteiger partial charge on any atom is 0.261 e. The molecule has 1 amide bonds. The quantitative estimate of drug-likeness (QED) is 0.803. The highest BCUT2D eigenvalue weighted by Crippen LogP contribution is 2.18. The van der Waals surface area contributed by atoms with Crippen LogP contribution in [0.1, 0.15) is 17.5 Å². The van der Waals surface area contributed by atoms with E-state index in [2.05, 4.69) is 10.3 Å². The predicted molar refractivity (Wildman–Crippen MR) is 95.2 cm³/mol. The van der Waals surface area contributed by atoms with E-state index >= 15 is 0 Å². The lowest BCUT2D eigenvalue weighted by Gasteiger charge is -2.11. The number of amides is 1. The van der Waals surface area contributed by atoms with Crippen LogP contribution >= 0.6 is 0 Å². The average molecular weight is 321 g/mol. The number of hydrogen-bond donors (Lipinski definition) is 1. The van der Waals surface area contributed by atoms with Crippen LogP contribution in [0.25, 0.3) is 10.9 Å². The maximum absolute atomic E-state index is 12.4. The number of rotatable bonds is 4. The van der Waals surface area contributed by atoms with E-state index in [1.165, 1.54) is 10.9 Å². The molecule has 5 nitrogen and oxygen atoms in total. The van der Waals surface area contributed by atoms with Gasteiger partial charge in [0.05, 0.1) is 17.2 Å². The smallest absolute Gasteiger partial charge is 0.261 e. The van der Waals surface area contributed by atoms with Gasteiger partial charge in [-0.3, -0.25) is 14.2 Å². The molecule has 1 heterocycles. The molecule has 5 heteroatoms. The minimum atomic E-state index is -0.125. The third-order valence-corrected chi connectivity index (χ3v) is 4.19. The third kappa shape index (κ3) is 3.20. The van der Waals surface area contributed by atoms with Gasteiger partial charge in [0.1, 0.15) is 0 Å². The lowest BCUT2D eigenvalue weighted by atomic mass is 10.1. The number of aromatic nitrogens is 2. The van der Waals surface area contributed by atoms with E-state index in [1.54, 1.807) is 12.1 Å². The Labute approximate surface area is 140 Å². The number of nitrogens with zero attached hydrogens (tertiary/aromatic N) is 2. The normalized spacial score (nSPS) is 10.8. The van der Waals surface area contributed by atoms with Crippen LogP contribution in [-0.4, -0.2) is 15.5 Å². The Morgan fingerprint density at radius 3 is 2.75 bits per heavy atom. The fraction of sp³-hybridized carbons (Fsp3) is 0.211. The van der Waals surface area contributed by atoms with Crippen molar-refractivity contribution in [3.63, 3.8) is 0 Å². The van der Waals surface area contributed by atoms with E-state index in [0.717, 1.165) is 16.8 Å². The number of carbonyl (C=O) groups is 1. The summed E-state index contributed by atoms with van der Waals surface area (Å²) >= 11 is 0. The van der Waals surface area contributed by atoms with Crippen LogP contribution in [0, 0.1) is 13.8 Å². The van der Waals surface area contributed by atoms with Crippen molar-refractivity contribution in [2.75, 3.05) is 5.32 Å². The second-order valence-electron chi connectivity index (χ2n) is 5.81. The SMILES string of the molecule is Cc1cccc(NC(=O)CCn2cnc3ccccc3c2=O)c1C. The highest BCUT2D eigenvalue weighted by atomic mass is 16.1. The minimum Gasteiger partial charge on any atom is -0.326 e. The summed E-state index contributed by atoms with van der Waals surface area (Å²) in [5.74, 6) is -0.122. The van der Waals surface area contributed by atoms with Gasteiger partial charge in [-0.1, -0.05) is 24.3 Å². The Bertz CT molecular complexity index is 960. The Hall–Kier alpha value is -2.95. The molecule has 2 aromatic carbocycles. The molecule has 0 saturated carbocycles. The molecule has 0 aliphatic carbocycles. The highest BCUT2D eigenvalue weighted by Gasteiger charge is 2.08. The van der Waals surface area contributed by atoms with Gasteiger partial charge in [0.2, 0.25) is 5.91 Å². The molecule has 3 aromatic rings. The molecule has 24 heavy (non-hydrogen) atoms. The Morgan fingerprint density at radius 2 is 1.92 bits per heavy atom. The van der Waals surface area contributed by atoms with Crippen LogP contribution < -0.4 is 10.9 Å². The summed E-state index contributed by atoms with van der Waals surface area (Å²) in [5.41, 5.74) is 3.53. The van der Waals surface area contributed by atoms with Gasteiger partial charge < -0.3 is 5.32 Å². The van der Waals surface area contributed by atoms with Gasteiger partial charge in [-0.25, -0.2) is 4.98 Å². The summed E-state index contributed by atoms with van der Waals surface area (Å²) in [4.78, 5) is 28.8. The molecule has 0 aliphatic rings. The number of aryl methyl sites for hydroxylation is 2. The van der Waals surface area contributed by atoms with Crippen molar-refractivity contribution in [3.05, 3.63) is 70.3 Å². The molecule has 0 spiro atoms. The van der Waals surface area contributed by atoms with Crippen molar-refractivity contribution in [1.82, 2.24) is 9.55 Å². The molecular formula is C19H19N3O2. The first kappa shape index (κ1) is 15.9. The van der Waals surface area contributed by atoms with Gasteiger partial charge in [-0.2, -0.15) is 0 Å². The second-order valence-corrected chi connectivity index (χ2v) is 5.81. The van der Waals surface area contributed by atoms with E-state index in [1.807, 2.05) is 44.2 Å². The van der Waals surface area contributed by atoms with Gasteiger partial charge >= 0.3 is 0 Å². The van der Waals surface area contributed by atoms with Gasteiger partial charge in [0, 0.05) is 18.7 Å². The first-order chi connectivity index (χ1) is 11.6. The number of benzene rings is 2. The largest absolute Gasteiger partial charge is 0.326 e. The topological polar surface area (TPSA) is 64.0 Å². The average Bonchev–Trinajstić information content (AvgIpc) is 2.59. The zero-order chi connectivity index (χ0) is 17.1. The Kier molecular flexibility index (Phi) is 4.42. The van der Waals surface area contributed by atoms with Crippen LogP contribution in [0.4, 0.5) is 5.69 Å². The number of anilines is 1. The van der Waals surface area contributed by atoms with Crippen molar-refractivity contribution < 1.29 is 4.79 Å². The molecule has 0 aliphatic heterocycles. The molecule has 1 N–H and O–H groups in total. The number of nitrogens with one attached hydrogen (secondary N) is 1. The van der Waals surface area contributed by atoms with E-state index in [0.29, 0.717) is 17.4 Å². The summed E-state index contributed by atoms with van der Waals surface area (Å²) in [6.45, 7) is 4.28. The Balaban J connectivity index is 1.72. The van der Waals surface area contributed by atoms with E-state index < -0.39 is 0 Å². The summed E-state index contributed by atoms with van der Waals surface area (Å²) in [5, 5.41) is 3.47. The van der Waals surface area contributed by atoms with Crippen molar-refractivity contribution in [3.8, 4) is 0 Å². The summed E-state index contributed by atoms with van der Waals surface area (Å²) < 4.78 is 1.48. The summed E-state index contributed by atoms with van der Waals surface area (Å²) in [6, 6.07) is 13.0. The summed E-state index contributed by atoms with van der Waals surface area (Å²) in [7, 11) is 0. The monoisotopic (exact) mass is 321 g/mol.